The molecule has 1 aliphatic heterocycles. The van der Waals surface area contributed by atoms with Gasteiger partial charge in [-0.15, -0.1) is 0 Å². The molecule has 1 amide bonds. The number of aromatic nitrogens is 2. The van der Waals surface area contributed by atoms with Gasteiger partial charge in [0.05, 0.1) is 18.1 Å². The van der Waals surface area contributed by atoms with Gasteiger partial charge in [-0.25, -0.2) is 13.2 Å². The number of carbonyl (C=O) groups is 1. The fraction of sp³-hybridized carbons (Fsp3) is 0.227. The van der Waals surface area contributed by atoms with Gasteiger partial charge in [-0.2, -0.15) is 0 Å². The molecule has 0 aliphatic carbocycles. The molecule has 1 N–H and O–H groups in total. The van der Waals surface area contributed by atoms with Gasteiger partial charge in [0.1, 0.15) is 5.82 Å². The van der Waals surface area contributed by atoms with Crippen molar-refractivity contribution in [2.45, 2.75) is 19.8 Å². The Morgan fingerprint density at radius 1 is 1.23 bits per heavy atom. The average Bonchev–Trinajstić information content (AvgIpc) is 2.73. The van der Waals surface area contributed by atoms with Crippen LogP contribution in [0.4, 0.5) is 13.2 Å². The van der Waals surface area contributed by atoms with Gasteiger partial charge >= 0.3 is 0 Å². The van der Waals surface area contributed by atoms with Crippen LogP contribution in [0.15, 0.2) is 41.5 Å². The molecule has 0 unspecified atom stereocenters. The minimum absolute atomic E-state index is 0.0307. The number of rotatable bonds is 3. The van der Waals surface area contributed by atoms with Crippen molar-refractivity contribution in [1.29, 1.82) is 0 Å². The summed E-state index contributed by atoms with van der Waals surface area (Å²) in [5.41, 5.74) is 1.60. The molecule has 0 saturated carbocycles. The zero-order valence-electron chi connectivity index (χ0n) is 16.1. The number of H-pyrrole nitrogens is 1. The lowest BCUT2D eigenvalue weighted by Crippen LogP contribution is -2.37. The van der Waals surface area contributed by atoms with Crippen molar-refractivity contribution in [3.8, 4) is 0 Å². The highest BCUT2D eigenvalue weighted by molar-refractivity contribution is 5.86. The van der Waals surface area contributed by atoms with Crippen LogP contribution < -0.4 is 5.56 Å². The molecule has 0 atom stereocenters. The molecule has 4 rings (SSSR count). The van der Waals surface area contributed by atoms with Crippen molar-refractivity contribution in [3.05, 3.63) is 81.2 Å². The SMILES string of the molecule is Cc1c(CC(=O)N2CC=C(c3cncc(F)c3)CC2)c(=O)[nH]c2ccc(F)c(F)c12. The first kappa shape index (κ1) is 19.9. The number of hydrogen-bond acceptors (Lipinski definition) is 3. The molecule has 30 heavy (non-hydrogen) atoms. The summed E-state index contributed by atoms with van der Waals surface area (Å²) in [7, 11) is 0. The Kier molecular flexibility index (Phi) is 5.15. The van der Waals surface area contributed by atoms with E-state index >= 15 is 0 Å². The lowest BCUT2D eigenvalue weighted by Gasteiger charge is -2.27. The van der Waals surface area contributed by atoms with Gasteiger partial charge in [0.2, 0.25) is 5.91 Å². The standard InChI is InChI=1S/C22H18F3N3O2/c1-12-16(22(30)27-18-3-2-17(24)21(25)20(12)18)9-19(29)28-6-4-13(5-7-28)14-8-15(23)11-26-10-14/h2-4,8,10-11H,5-7,9H2,1H3,(H,27,30). The molecule has 8 heteroatoms. The highest BCUT2D eigenvalue weighted by atomic mass is 19.2. The summed E-state index contributed by atoms with van der Waals surface area (Å²) < 4.78 is 41.3. The molecule has 154 valence electrons. The lowest BCUT2D eigenvalue weighted by molar-refractivity contribution is -0.130. The number of hydrogen-bond donors (Lipinski definition) is 1. The summed E-state index contributed by atoms with van der Waals surface area (Å²) in [5, 5.41) is -0.0307. The number of aromatic amines is 1. The van der Waals surface area contributed by atoms with E-state index in [9.17, 15) is 22.8 Å². The molecular formula is C22H18F3N3O2. The number of carbonyl (C=O) groups excluding carboxylic acids is 1. The summed E-state index contributed by atoms with van der Waals surface area (Å²) >= 11 is 0. The fourth-order valence-corrected chi connectivity index (χ4v) is 3.76. The van der Waals surface area contributed by atoms with Crippen LogP contribution >= 0.6 is 0 Å². The first-order valence-electron chi connectivity index (χ1n) is 9.42. The first-order chi connectivity index (χ1) is 14.3. The van der Waals surface area contributed by atoms with Gasteiger partial charge in [0.25, 0.3) is 5.56 Å². The predicted molar refractivity (Wildman–Crippen MR) is 106 cm³/mol. The Bertz CT molecular complexity index is 1250. The van der Waals surface area contributed by atoms with E-state index in [0.29, 0.717) is 25.1 Å². The average molecular weight is 413 g/mol. The quantitative estimate of drug-likeness (QED) is 0.715. The van der Waals surface area contributed by atoms with Crippen LogP contribution in [0.3, 0.4) is 0 Å². The van der Waals surface area contributed by atoms with Crippen molar-refractivity contribution in [2.75, 3.05) is 13.1 Å². The first-order valence-corrected chi connectivity index (χ1v) is 9.42. The number of nitrogens with zero attached hydrogens (tertiary/aromatic N) is 2. The van der Waals surface area contributed by atoms with E-state index < -0.39 is 23.0 Å². The van der Waals surface area contributed by atoms with Crippen molar-refractivity contribution >= 4 is 22.4 Å². The zero-order valence-corrected chi connectivity index (χ0v) is 16.1. The molecule has 0 bridgehead atoms. The van der Waals surface area contributed by atoms with Gasteiger partial charge in [-0.3, -0.25) is 14.6 Å². The van der Waals surface area contributed by atoms with Crippen molar-refractivity contribution in [2.24, 2.45) is 0 Å². The van der Waals surface area contributed by atoms with Crippen molar-refractivity contribution < 1.29 is 18.0 Å². The topological polar surface area (TPSA) is 66.1 Å². The molecule has 0 saturated heterocycles. The molecule has 5 nitrogen and oxygen atoms in total. The van der Waals surface area contributed by atoms with Crippen LogP contribution in [0.25, 0.3) is 16.5 Å². The van der Waals surface area contributed by atoms with E-state index in [1.807, 2.05) is 6.08 Å². The van der Waals surface area contributed by atoms with E-state index in [1.165, 1.54) is 19.1 Å². The molecule has 1 aromatic carbocycles. The second-order valence-corrected chi connectivity index (χ2v) is 7.23. The van der Waals surface area contributed by atoms with Crippen LogP contribution in [-0.4, -0.2) is 33.9 Å². The van der Waals surface area contributed by atoms with Crippen LogP contribution in [0.5, 0.6) is 0 Å². The van der Waals surface area contributed by atoms with Crippen LogP contribution in [0.1, 0.15) is 23.1 Å². The Morgan fingerprint density at radius 2 is 2.03 bits per heavy atom. The predicted octanol–water partition coefficient (Wildman–Crippen LogP) is 3.51. The molecule has 3 heterocycles. The van der Waals surface area contributed by atoms with Gasteiger partial charge in [-0.05, 0) is 48.2 Å². The van der Waals surface area contributed by atoms with Crippen molar-refractivity contribution in [3.63, 3.8) is 0 Å². The third-order valence-corrected chi connectivity index (χ3v) is 5.41. The third-order valence-electron chi connectivity index (χ3n) is 5.41. The van der Waals surface area contributed by atoms with E-state index in [-0.39, 0.29) is 34.4 Å². The minimum Gasteiger partial charge on any atom is -0.338 e. The highest BCUT2D eigenvalue weighted by Gasteiger charge is 2.22. The Labute approximate surface area is 169 Å². The smallest absolute Gasteiger partial charge is 0.252 e. The monoisotopic (exact) mass is 413 g/mol. The second-order valence-electron chi connectivity index (χ2n) is 7.23. The fourth-order valence-electron chi connectivity index (χ4n) is 3.76. The van der Waals surface area contributed by atoms with Crippen LogP contribution in [-0.2, 0) is 11.2 Å². The highest BCUT2D eigenvalue weighted by Crippen LogP contribution is 2.25. The van der Waals surface area contributed by atoms with Gasteiger partial charge < -0.3 is 9.88 Å². The molecule has 2 aromatic heterocycles. The second kappa shape index (κ2) is 7.78. The van der Waals surface area contributed by atoms with Gasteiger partial charge in [0.15, 0.2) is 11.6 Å². The number of nitrogens with one attached hydrogen (secondary N) is 1. The maximum absolute atomic E-state index is 14.3. The largest absolute Gasteiger partial charge is 0.338 e. The number of pyridine rings is 2. The molecule has 3 aromatic rings. The summed E-state index contributed by atoms with van der Waals surface area (Å²) in [4.78, 5) is 33.1. The molecular weight excluding hydrogens is 395 g/mol. The molecule has 1 aliphatic rings. The zero-order chi connectivity index (χ0) is 21.4. The molecule has 0 radical (unpaired) electrons. The van der Waals surface area contributed by atoms with Gasteiger partial charge in [0, 0.05) is 30.2 Å². The Hall–Kier alpha value is -3.42. The normalized spacial score (nSPS) is 14.1. The number of aryl methyl sites for hydroxylation is 1. The minimum atomic E-state index is -1.05. The number of halogens is 3. The van der Waals surface area contributed by atoms with Crippen molar-refractivity contribution in [1.82, 2.24) is 14.9 Å². The van der Waals surface area contributed by atoms with E-state index in [4.69, 9.17) is 0 Å². The van der Waals surface area contributed by atoms with E-state index in [1.54, 1.807) is 11.1 Å². The Morgan fingerprint density at radius 3 is 2.73 bits per heavy atom. The third kappa shape index (κ3) is 3.60. The van der Waals surface area contributed by atoms with Gasteiger partial charge in [-0.1, -0.05) is 6.08 Å². The number of amides is 1. The summed E-state index contributed by atoms with van der Waals surface area (Å²) in [6.45, 7) is 2.21. The molecule has 0 spiro atoms. The maximum atomic E-state index is 14.3. The lowest BCUT2D eigenvalue weighted by atomic mass is 9.99. The van der Waals surface area contributed by atoms with Crippen LogP contribution in [0, 0.1) is 24.4 Å². The molecule has 0 fully saturated rings. The summed E-state index contributed by atoms with van der Waals surface area (Å²) in [6, 6.07) is 3.64. The Balaban J connectivity index is 1.57. The number of fused-ring (bicyclic) bond motifs is 1. The summed E-state index contributed by atoms with van der Waals surface area (Å²) in [6.07, 6.45) is 4.81. The number of benzene rings is 1. The van der Waals surface area contributed by atoms with E-state index in [2.05, 4.69) is 9.97 Å². The summed E-state index contributed by atoms with van der Waals surface area (Å²) in [5.74, 6) is -2.80. The van der Waals surface area contributed by atoms with E-state index in [0.717, 1.165) is 17.8 Å². The maximum Gasteiger partial charge on any atom is 0.252 e. The van der Waals surface area contributed by atoms with Crippen LogP contribution in [0.2, 0.25) is 0 Å².